The molecule has 2 fully saturated rings. The highest BCUT2D eigenvalue weighted by molar-refractivity contribution is 5.94. The number of amides is 1. The van der Waals surface area contributed by atoms with Crippen molar-refractivity contribution in [3.63, 3.8) is 0 Å². The van der Waals surface area contributed by atoms with Crippen LogP contribution in [0.1, 0.15) is 22.3 Å². The fraction of sp³-hybridized carbons (Fsp3) is 0.500. The predicted molar refractivity (Wildman–Crippen MR) is 67.0 cm³/mol. The van der Waals surface area contributed by atoms with E-state index in [1.807, 2.05) is 31.2 Å². The number of nitrogens with one attached hydrogen (secondary N) is 1. The van der Waals surface area contributed by atoms with Gasteiger partial charge in [-0.3, -0.25) is 4.79 Å². The lowest BCUT2D eigenvalue weighted by molar-refractivity contribution is 0.0924. The van der Waals surface area contributed by atoms with Crippen molar-refractivity contribution in [2.45, 2.75) is 19.4 Å². The van der Waals surface area contributed by atoms with E-state index in [9.17, 15) is 4.79 Å². The molecule has 2 aliphatic rings. The molecule has 1 N–H and O–H groups in total. The highest BCUT2D eigenvalue weighted by Gasteiger charge is 2.38. The average molecular weight is 230 g/mol. The number of hydrogen-bond donors (Lipinski definition) is 1. The highest BCUT2D eigenvalue weighted by atomic mass is 16.1. The maximum atomic E-state index is 12.1. The second kappa shape index (κ2) is 4.15. The van der Waals surface area contributed by atoms with Gasteiger partial charge >= 0.3 is 0 Å². The molecule has 3 nitrogen and oxygen atoms in total. The van der Waals surface area contributed by atoms with E-state index in [1.54, 1.807) is 0 Å². The van der Waals surface area contributed by atoms with Crippen LogP contribution in [-0.4, -0.2) is 36.5 Å². The fourth-order valence-corrected chi connectivity index (χ4v) is 2.99. The first-order valence-corrected chi connectivity index (χ1v) is 6.32. The number of carbonyl (C=O) groups excluding carboxylic acids is 1. The molecule has 2 saturated heterocycles. The number of nitrogens with zero attached hydrogens (tertiary/aromatic N) is 1. The zero-order valence-corrected chi connectivity index (χ0v) is 10.1. The van der Waals surface area contributed by atoms with E-state index in [0.717, 1.165) is 17.7 Å². The van der Waals surface area contributed by atoms with Crippen LogP contribution in [0.2, 0.25) is 0 Å². The third-order valence-electron chi connectivity index (χ3n) is 3.93. The van der Waals surface area contributed by atoms with E-state index < -0.39 is 0 Å². The van der Waals surface area contributed by atoms with Gasteiger partial charge in [0.15, 0.2) is 0 Å². The minimum atomic E-state index is 0.0763. The Hall–Kier alpha value is -1.35. The number of hydrogen-bond acceptors (Lipinski definition) is 2. The van der Waals surface area contributed by atoms with Crippen LogP contribution in [0.15, 0.2) is 24.3 Å². The molecular weight excluding hydrogens is 212 g/mol. The molecule has 0 aliphatic carbocycles. The summed E-state index contributed by atoms with van der Waals surface area (Å²) in [5.41, 5.74) is 1.91. The smallest absolute Gasteiger partial charge is 0.251 e. The standard InChI is InChI=1S/C14H18N2O/c1-10-3-2-4-11(7-10)14(17)15-13-9-16-6-5-12(13)8-16/h2-4,7,12-13H,5-6,8-9H2,1H3,(H,15,17). The first-order valence-electron chi connectivity index (χ1n) is 6.32. The van der Waals surface area contributed by atoms with Crippen LogP contribution in [0.3, 0.4) is 0 Å². The van der Waals surface area contributed by atoms with Crippen molar-refractivity contribution < 1.29 is 4.79 Å². The molecule has 0 aromatic heterocycles. The Balaban J connectivity index is 1.68. The van der Waals surface area contributed by atoms with Gasteiger partial charge in [0.1, 0.15) is 0 Å². The Kier molecular flexibility index (Phi) is 2.63. The molecule has 3 rings (SSSR count). The lowest BCUT2D eigenvalue weighted by Crippen LogP contribution is -2.43. The molecule has 1 aromatic rings. The average Bonchev–Trinajstić information content (AvgIpc) is 2.91. The summed E-state index contributed by atoms with van der Waals surface area (Å²) in [4.78, 5) is 14.5. The minimum Gasteiger partial charge on any atom is -0.348 e. The zero-order chi connectivity index (χ0) is 11.8. The third-order valence-corrected chi connectivity index (χ3v) is 3.93. The summed E-state index contributed by atoms with van der Waals surface area (Å²) in [5, 5.41) is 3.17. The Bertz CT molecular complexity index is 444. The highest BCUT2D eigenvalue weighted by Crippen LogP contribution is 2.27. The topological polar surface area (TPSA) is 32.3 Å². The molecule has 0 spiro atoms. The quantitative estimate of drug-likeness (QED) is 0.833. The van der Waals surface area contributed by atoms with Gasteiger partial charge in [-0.25, -0.2) is 0 Å². The second-order valence-electron chi connectivity index (χ2n) is 5.26. The first kappa shape index (κ1) is 10.8. The van der Waals surface area contributed by atoms with E-state index in [1.165, 1.54) is 19.5 Å². The van der Waals surface area contributed by atoms with Gasteiger partial charge in [0.25, 0.3) is 5.91 Å². The van der Waals surface area contributed by atoms with Crippen LogP contribution in [0.4, 0.5) is 0 Å². The molecule has 0 saturated carbocycles. The van der Waals surface area contributed by atoms with Crippen LogP contribution in [0, 0.1) is 12.8 Å². The van der Waals surface area contributed by atoms with Crippen molar-refractivity contribution >= 4 is 5.91 Å². The Morgan fingerprint density at radius 1 is 1.41 bits per heavy atom. The number of fused-ring (bicyclic) bond motifs is 2. The summed E-state index contributed by atoms with van der Waals surface area (Å²) in [6.07, 6.45) is 1.23. The van der Waals surface area contributed by atoms with Gasteiger partial charge in [0, 0.05) is 24.7 Å². The Labute approximate surface area is 102 Å². The van der Waals surface area contributed by atoms with Gasteiger partial charge in [-0.1, -0.05) is 17.7 Å². The molecular formula is C14H18N2O. The number of rotatable bonds is 2. The van der Waals surface area contributed by atoms with Gasteiger partial charge in [-0.05, 0) is 37.9 Å². The van der Waals surface area contributed by atoms with Crippen molar-refractivity contribution in [1.82, 2.24) is 10.2 Å². The maximum Gasteiger partial charge on any atom is 0.251 e. The van der Waals surface area contributed by atoms with Crippen LogP contribution in [-0.2, 0) is 0 Å². The van der Waals surface area contributed by atoms with Crippen molar-refractivity contribution in [1.29, 1.82) is 0 Å². The fourth-order valence-electron chi connectivity index (χ4n) is 2.99. The van der Waals surface area contributed by atoms with Crippen molar-refractivity contribution in [2.24, 2.45) is 5.92 Å². The van der Waals surface area contributed by atoms with Crippen LogP contribution in [0.25, 0.3) is 0 Å². The van der Waals surface area contributed by atoms with E-state index in [2.05, 4.69) is 10.2 Å². The number of aryl methyl sites for hydroxylation is 1. The van der Waals surface area contributed by atoms with Gasteiger partial charge in [-0.2, -0.15) is 0 Å². The summed E-state index contributed by atoms with van der Waals surface area (Å²) in [7, 11) is 0. The predicted octanol–water partition coefficient (Wildman–Crippen LogP) is 1.43. The van der Waals surface area contributed by atoms with Crippen LogP contribution in [0.5, 0.6) is 0 Å². The van der Waals surface area contributed by atoms with E-state index in [0.29, 0.717) is 12.0 Å². The summed E-state index contributed by atoms with van der Waals surface area (Å²) in [6.45, 7) is 5.42. The van der Waals surface area contributed by atoms with Crippen LogP contribution >= 0.6 is 0 Å². The molecule has 17 heavy (non-hydrogen) atoms. The van der Waals surface area contributed by atoms with E-state index in [-0.39, 0.29) is 5.91 Å². The summed E-state index contributed by atoms with van der Waals surface area (Å²) < 4.78 is 0. The lowest BCUT2D eigenvalue weighted by Gasteiger charge is -2.23. The van der Waals surface area contributed by atoms with Crippen molar-refractivity contribution in [3.8, 4) is 0 Å². The summed E-state index contributed by atoms with van der Waals surface area (Å²) >= 11 is 0. The largest absolute Gasteiger partial charge is 0.348 e. The first-order chi connectivity index (χ1) is 8.22. The summed E-state index contributed by atoms with van der Waals surface area (Å²) in [5.74, 6) is 0.746. The van der Waals surface area contributed by atoms with Gasteiger partial charge in [0.2, 0.25) is 0 Å². The second-order valence-corrected chi connectivity index (χ2v) is 5.26. The van der Waals surface area contributed by atoms with Crippen molar-refractivity contribution in [2.75, 3.05) is 19.6 Å². The third kappa shape index (κ3) is 2.07. The molecule has 3 atom stereocenters. The molecule has 2 heterocycles. The molecule has 0 radical (unpaired) electrons. The monoisotopic (exact) mass is 230 g/mol. The molecule has 2 aliphatic heterocycles. The van der Waals surface area contributed by atoms with Gasteiger partial charge < -0.3 is 10.2 Å². The maximum absolute atomic E-state index is 12.1. The van der Waals surface area contributed by atoms with Crippen LogP contribution < -0.4 is 5.32 Å². The normalized spacial score (nSPS) is 30.5. The SMILES string of the molecule is Cc1cccc(C(=O)NC2CN3CCC2C3)c1. The molecule has 3 heteroatoms. The van der Waals surface area contributed by atoms with E-state index >= 15 is 0 Å². The number of piperidine rings is 1. The lowest BCUT2D eigenvalue weighted by atomic mass is 9.99. The minimum absolute atomic E-state index is 0.0763. The van der Waals surface area contributed by atoms with Crippen molar-refractivity contribution in [3.05, 3.63) is 35.4 Å². The number of carbonyl (C=O) groups is 1. The van der Waals surface area contributed by atoms with Gasteiger partial charge in [-0.15, -0.1) is 0 Å². The molecule has 1 amide bonds. The molecule has 90 valence electrons. The molecule has 1 aromatic carbocycles. The molecule has 3 unspecified atom stereocenters. The molecule has 2 bridgehead atoms. The van der Waals surface area contributed by atoms with E-state index in [4.69, 9.17) is 0 Å². The zero-order valence-electron chi connectivity index (χ0n) is 10.1. The Morgan fingerprint density at radius 2 is 2.29 bits per heavy atom. The number of benzene rings is 1. The van der Waals surface area contributed by atoms with Gasteiger partial charge in [0.05, 0.1) is 0 Å². The Morgan fingerprint density at radius 3 is 2.94 bits per heavy atom. The summed E-state index contributed by atoms with van der Waals surface area (Å²) in [6, 6.07) is 8.14.